The first-order valence-electron chi connectivity index (χ1n) is 33.4. The fourth-order valence-corrected chi connectivity index (χ4v) is 9.30. The molecule has 0 aliphatic heterocycles. The van der Waals surface area contributed by atoms with Gasteiger partial charge < -0.3 is 14.2 Å². The largest absolute Gasteiger partial charge is 0.462 e. The zero-order chi connectivity index (χ0) is 57.1. The summed E-state index contributed by atoms with van der Waals surface area (Å²) in [6, 6.07) is 0. The van der Waals surface area contributed by atoms with Gasteiger partial charge in [0.15, 0.2) is 6.10 Å². The van der Waals surface area contributed by atoms with Crippen LogP contribution in [-0.2, 0) is 28.6 Å². The van der Waals surface area contributed by atoms with Crippen LogP contribution >= 0.6 is 0 Å². The fourth-order valence-electron chi connectivity index (χ4n) is 9.30. The Hall–Kier alpha value is -3.93. The van der Waals surface area contributed by atoms with Crippen LogP contribution in [0.2, 0.25) is 0 Å². The minimum absolute atomic E-state index is 0.0959. The smallest absolute Gasteiger partial charge is 0.306 e. The highest BCUT2D eigenvalue weighted by Gasteiger charge is 2.19. The van der Waals surface area contributed by atoms with Gasteiger partial charge in [0.25, 0.3) is 0 Å². The van der Waals surface area contributed by atoms with E-state index in [1.165, 1.54) is 141 Å². The summed E-state index contributed by atoms with van der Waals surface area (Å²) in [5.74, 6) is -0.936. The maximum atomic E-state index is 12.9. The van der Waals surface area contributed by atoms with Gasteiger partial charge in [-0.05, 0) is 122 Å². The van der Waals surface area contributed by atoms with E-state index in [0.717, 1.165) is 135 Å². The highest BCUT2D eigenvalue weighted by Crippen LogP contribution is 2.16. The van der Waals surface area contributed by atoms with Crippen LogP contribution in [0.1, 0.15) is 316 Å². The van der Waals surface area contributed by atoms with Crippen LogP contribution in [0.25, 0.3) is 0 Å². The Kier molecular flexibility index (Phi) is 63.3. The van der Waals surface area contributed by atoms with E-state index >= 15 is 0 Å². The molecule has 0 heterocycles. The zero-order valence-electron chi connectivity index (χ0n) is 51.9. The quantitative estimate of drug-likeness (QED) is 0.0261. The van der Waals surface area contributed by atoms with Crippen molar-refractivity contribution in [1.29, 1.82) is 0 Å². The average Bonchev–Trinajstić information content (AvgIpc) is 3.45. The minimum Gasteiger partial charge on any atom is -0.462 e. The molecule has 0 aliphatic carbocycles. The molecule has 79 heavy (non-hydrogen) atoms. The molecule has 0 aliphatic rings. The molecular weight excluding hydrogens is 973 g/mol. The van der Waals surface area contributed by atoms with Crippen molar-refractivity contribution in [2.75, 3.05) is 13.2 Å². The van der Waals surface area contributed by atoms with Crippen LogP contribution in [0.15, 0.2) is 109 Å². The summed E-state index contributed by atoms with van der Waals surface area (Å²) in [7, 11) is 0. The molecule has 0 aromatic rings. The van der Waals surface area contributed by atoms with Crippen LogP contribution in [0.4, 0.5) is 0 Å². The monoisotopic (exact) mass is 1100 g/mol. The molecule has 0 fully saturated rings. The summed E-state index contributed by atoms with van der Waals surface area (Å²) in [6.07, 6.45) is 91.1. The third-order valence-electron chi connectivity index (χ3n) is 14.2. The molecule has 0 aromatic carbocycles. The zero-order valence-corrected chi connectivity index (χ0v) is 51.9. The number of carbonyl (C=O) groups excluding carboxylic acids is 3. The van der Waals surface area contributed by atoms with E-state index < -0.39 is 6.10 Å². The summed E-state index contributed by atoms with van der Waals surface area (Å²) in [5.41, 5.74) is 0. The van der Waals surface area contributed by atoms with Gasteiger partial charge in [-0.25, -0.2) is 0 Å². The highest BCUT2D eigenvalue weighted by molar-refractivity contribution is 5.71. The van der Waals surface area contributed by atoms with Crippen molar-refractivity contribution in [3.63, 3.8) is 0 Å². The molecule has 6 heteroatoms. The van der Waals surface area contributed by atoms with E-state index in [-0.39, 0.29) is 31.1 Å². The second kappa shape index (κ2) is 66.6. The van der Waals surface area contributed by atoms with Crippen LogP contribution in [0.3, 0.4) is 0 Å². The number of hydrogen-bond acceptors (Lipinski definition) is 6. The molecule has 0 spiro atoms. The van der Waals surface area contributed by atoms with Gasteiger partial charge in [-0.1, -0.05) is 284 Å². The van der Waals surface area contributed by atoms with Gasteiger partial charge in [-0.3, -0.25) is 14.4 Å². The lowest BCUT2D eigenvalue weighted by molar-refractivity contribution is -0.167. The van der Waals surface area contributed by atoms with Crippen molar-refractivity contribution < 1.29 is 28.6 Å². The predicted octanol–water partition coefficient (Wildman–Crippen LogP) is 23.0. The lowest BCUT2D eigenvalue weighted by atomic mass is 10.0. The van der Waals surface area contributed by atoms with Crippen molar-refractivity contribution >= 4 is 17.9 Å². The fraction of sp³-hybridized carbons (Fsp3) is 0.712. The van der Waals surface area contributed by atoms with Crippen molar-refractivity contribution in [1.82, 2.24) is 0 Å². The van der Waals surface area contributed by atoms with Gasteiger partial charge >= 0.3 is 17.9 Å². The summed E-state index contributed by atoms with van der Waals surface area (Å²) in [5, 5.41) is 0. The number of esters is 3. The minimum atomic E-state index is -0.804. The first kappa shape index (κ1) is 75.1. The average molecular weight is 1100 g/mol. The van der Waals surface area contributed by atoms with Crippen molar-refractivity contribution in [3.05, 3.63) is 109 Å². The SMILES string of the molecule is CC/C=C\C/C=C\C/C=C\C/C=C\CCCCCCC(=O)OCC(COC(=O)CCCCCCCCCCCCCCCCC/C=C\CCCCCCCCCC)OC(=O)CCCCCC/C=C\C/C=C\C/C=C\C/C=C\CC. The Morgan fingerprint density at radius 1 is 0.266 bits per heavy atom. The molecule has 0 N–H and O–H groups in total. The molecule has 0 rings (SSSR count). The standard InChI is InChI=1S/C73H124O6/c1-4-7-10-13-16-19-22-25-28-31-32-33-34-35-36-37-38-39-40-43-45-48-51-54-57-60-63-66-72(75)78-69-70(79-73(76)67-64-61-58-55-52-49-46-42-30-27-24-21-18-15-12-9-6-3)68-77-71(74)65-62-59-56-53-50-47-44-41-29-26-23-20-17-14-11-8-5-2/h8-9,11-12,17-18,20-21,26-27,29-32,44,46-47,49,70H,4-7,10,13-16,19,22-25,28,33-43,45,48,50-69H2,1-3H3/b11-8-,12-9-,20-17-,21-18-,29-26-,30-27-,32-31-,47-44-,49-46-. The van der Waals surface area contributed by atoms with Gasteiger partial charge in [-0.15, -0.1) is 0 Å². The molecule has 0 saturated heterocycles. The summed E-state index contributed by atoms with van der Waals surface area (Å²) >= 11 is 0. The number of carbonyl (C=O) groups is 3. The molecular formula is C73H124O6. The number of ether oxygens (including phenoxy) is 3. The molecule has 0 saturated carbocycles. The van der Waals surface area contributed by atoms with E-state index in [1.807, 2.05) is 0 Å². The number of unbranched alkanes of at least 4 members (excludes halogenated alkanes) is 31. The topological polar surface area (TPSA) is 78.9 Å². The molecule has 0 amide bonds. The van der Waals surface area contributed by atoms with E-state index in [2.05, 4.69) is 130 Å². The molecule has 1 unspecified atom stereocenters. The lowest BCUT2D eigenvalue weighted by Crippen LogP contribution is -2.30. The molecule has 6 nitrogen and oxygen atoms in total. The van der Waals surface area contributed by atoms with E-state index in [4.69, 9.17) is 14.2 Å². The Morgan fingerprint density at radius 3 is 0.785 bits per heavy atom. The van der Waals surface area contributed by atoms with Crippen LogP contribution in [0.5, 0.6) is 0 Å². The molecule has 0 radical (unpaired) electrons. The van der Waals surface area contributed by atoms with E-state index in [0.29, 0.717) is 19.3 Å². The third kappa shape index (κ3) is 64.8. The van der Waals surface area contributed by atoms with Gasteiger partial charge in [0, 0.05) is 19.3 Å². The first-order valence-corrected chi connectivity index (χ1v) is 33.4. The van der Waals surface area contributed by atoms with Crippen molar-refractivity contribution in [2.24, 2.45) is 0 Å². The Morgan fingerprint density at radius 2 is 0.494 bits per heavy atom. The van der Waals surface area contributed by atoms with Gasteiger partial charge in [-0.2, -0.15) is 0 Å². The highest BCUT2D eigenvalue weighted by atomic mass is 16.6. The Balaban J connectivity index is 4.35. The first-order chi connectivity index (χ1) is 39.0. The Labute approximate surface area is 489 Å². The van der Waals surface area contributed by atoms with Crippen molar-refractivity contribution in [2.45, 2.75) is 322 Å². The van der Waals surface area contributed by atoms with Crippen LogP contribution in [-0.4, -0.2) is 37.2 Å². The predicted molar refractivity (Wildman–Crippen MR) is 343 cm³/mol. The summed E-state index contributed by atoms with van der Waals surface area (Å²) < 4.78 is 16.9. The second-order valence-electron chi connectivity index (χ2n) is 22.0. The number of rotatable bonds is 60. The molecule has 0 aromatic heterocycles. The number of hydrogen-bond donors (Lipinski definition) is 0. The second-order valence-corrected chi connectivity index (χ2v) is 22.0. The third-order valence-corrected chi connectivity index (χ3v) is 14.2. The van der Waals surface area contributed by atoms with Crippen LogP contribution < -0.4 is 0 Å². The van der Waals surface area contributed by atoms with E-state index in [9.17, 15) is 14.4 Å². The van der Waals surface area contributed by atoms with Gasteiger partial charge in [0.2, 0.25) is 0 Å². The maximum absolute atomic E-state index is 12.9. The Bertz CT molecular complexity index is 1590. The van der Waals surface area contributed by atoms with Gasteiger partial charge in [0.1, 0.15) is 13.2 Å². The lowest BCUT2D eigenvalue weighted by Gasteiger charge is -2.18. The summed E-state index contributed by atoms with van der Waals surface area (Å²) in [6.45, 7) is 6.40. The van der Waals surface area contributed by atoms with Crippen molar-refractivity contribution in [3.8, 4) is 0 Å². The molecule has 452 valence electrons. The molecule has 0 bridgehead atoms. The van der Waals surface area contributed by atoms with E-state index in [1.54, 1.807) is 0 Å². The normalized spacial score (nSPS) is 12.8. The van der Waals surface area contributed by atoms with Crippen LogP contribution in [0, 0.1) is 0 Å². The van der Waals surface area contributed by atoms with Gasteiger partial charge in [0.05, 0.1) is 0 Å². The summed E-state index contributed by atoms with van der Waals surface area (Å²) in [4.78, 5) is 38.4. The number of allylic oxidation sites excluding steroid dienone is 18. The maximum Gasteiger partial charge on any atom is 0.306 e. The molecule has 1 atom stereocenters.